The number of carbonyl (C=O) groups is 2. The van der Waals surface area contributed by atoms with Gasteiger partial charge < -0.3 is 5.32 Å². The van der Waals surface area contributed by atoms with Crippen molar-refractivity contribution in [1.29, 1.82) is 0 Å². The van der Waals surface area contributed by atoms with Crippen LogP contribution in [-0.4, -0.2) is 45.0 Å². The van der Waals surface area contributed by atoms with Crippen molar-refractivity contribution in [2.75, 3.05) is 18.8 Å². The van der Waals surface area contributed by atoms with Crippen LogP contribution in [0, 0.1) is 0 Å². The molecular weight excluding hydrogens is 398 g/mol. The highest BCUT2D eigenvalue weighted by Gasteiger charge is 2.31. The quantitative estimate of drug-likeness (QED) is 0.567. The van der Waals surface area contributed by atoms with Crippen LogP contribution in [0.5, 0.6) is 0 Å². The fraction of sp³-hybridized carbons (Fsp3) is 0.263. The van der Waals surface area contributed by atoms with Crippen LogP contribution in [-0.2, 0) is 9.59 Å². The molecule has 5 nitrogen and oxygen atoms in total. The van der Waals surface area contributed by atoms with E-state index in [9.17, 15) is 9.59 Å². The first kappa shape index (κ1) is 19.9. The topological polar surface area (TPSA) is 61.8 Å². The summed E-state index contributed by atoms with van der Waals surface area (Å²) in [6.45, 7) is 1.19. The number of aliphatic imine (C=N–C) groups is 1. The van der Waals surface area contributed by atoms with Crippen molar-refractivity contribution in [2.45, 2.75) is 12.8 Å². The molecule has 2 aliphatic rings. The SMILES string of the molecule is O=C(CCCN1C(=O)/C(=C\C=C/c2ccccc2)SC1=S)NC1=NCCS1. The number of nitrogens with zero attached hydrogens (tertiary/aromatic N) is 2. The number of hydrogen-bond acceptors (Lipinski definition) is 6. The fourth-order valence-electron chi connectivity index (χ4n) is 2.51. The van der Waals surface area contributed by atoms with Gasteiger partial charge in [0.1, 0.15) is 4.32 Å². The molecule has 1 aromatic carbocycles. The zero-order valence-corrected chi connectivity index (χ0v) is 17.0. The number of amidine groups is 1. The van der Waals surface area contributed by atoms with Gasteiger partial charge in [0.2, 0.25) is 5.91 Å². The molecular formula is C19H19N3O2S3. The number of benzene rings is 1. The number of thioether (sulfide) groups is 2. The van der Waals surface area contributed by atoms with Crippen LogP contribution >= 0.6 is 35.7 Å². The predicted octanol–water partition coefficient (Wildman–Crippen LogP) is 3.44. The first-order valence-electron chi connectivity index (χ1n) is 8.57. The van der Waals surface area contributed by atoms with E-state index in [1.54, 1.807) is 22.7 Å². The smallest absolute Gasteiger partial charge is 0.266 e. The number of amides is 2. The largest absolute Gasteiger partial charge is 0.305 e. The van der Waals surface area contributed by atoms with E-state index < -0.39 is 0 Å². The van der Waals surface area contributed by atoms with Crippen molar-refractivity contribution in [2.24, 2.45) is 4.99 Å². The molecule has 1 saturated heterocycles. The number of rotatable bonds is 6. The average molecular weight is 418 g/mol. The number of carbonyl (C=O) groups excluding carboxylic acids is 2. The number of allylic oxidation sites excluding steroid dienone is 2. The molecule has 0 spiro atoms. The van der Waals surface area contributed by atoms with Crippen LogP contribution in [0.4, 0.5) is 0 Å². The van der Waals surface area contributed by atoms with Crippen LogP contribution < -0.4 is 5.32 Å². The highest BCUT2D eigenvalue weighted by Crippen LogP contribution is 2.31. The number of nitrogens with one attached hydrogen (secondary N) is 1. The maximum absolute atomic E-state index is 12.5. The Labute approximate surface area is 172 Å². The summed E-state index contributed by atoms with van der Waals surface area (Å²) in [5.41, 5.74) is 1.07. The van der Waals surface area contributed by atoms with Gasteiger partial charge in [0.25, 0.3) is 5.91 Å². The zero-order valence-electron chi connectivity index (χ0n) is 14.6. The van der Waals surface area contributed by atoms with Crippen LogP contribution in [0.3, 0.4) is 0 Å². The lowest BCUT2D eigenvalue weighted by atomic mass is 10.2. The molecule has 0 radical (unpaired) electrons. The second-order valence-electron chi connectivity index (χ2n) is 5.81. The van der Waals surface area contributed by atoms with Gasteiger partial charge in [-0.25, -0.2) is 0 Å². The molecule has 140 valence electrons. The van der Waals surface area contributed by atoms with Gasteiger partial charge in [0, 0.05) is 18.7 Å². The second-order valence-corrected chi connectivity index (χ2v) is 8.57. The van der Waals surface area contributed by atoms with Crippen LogP contribution in [0.1, 0.15) is 18.4 Å². The monoisotopic (exact) mass is 417 g/mol. The Balaban J connectivity index is 1.48. The molecule has 2 aliphatic heterocycles. The van der Waals surface area contributed by atoms with Crippen molar-refractivity contribution in [1.82, 2.24) is 10.2 Å². The molecule has 1 N–H and O–H groups in total. The zero-order chi connectivity index (χ0) is 19.1. The summed E-state index contributed by atoms with van der Waals surface area (Å²) >= 11 is 8.16. The fourth-order valence-corrected chi connectivity index (χ4v) is 4.51. The Morgan fingerprint density at radius 3 is 2.89 bits per heavy atom. The van der Waals surface area contributed by atoms with Gasteiger partial charge in [-0.2, -0.15) is 0 Å². The summed E-state index contributed by atoms with van der Waals surface area (Å²) in [6.07, 6.45) is 6.48. The van der Waals surface area contributed by atoms with Gasteiger partial charge in [-0.15, -0.1) is 0 Å². The first-order chi connectivity index (χ1) is 13.1. The van der Waals surface area contributed by atoms with Crippen molar-refractivity contribution in [3.8, 4) is 0 Å². The van der Waals surface area contributed by atoms with Crippen LogP contribution in [0.25, 0.3) is 6.08 Å². The van der Waals surface area contributed by atoms with Gasteiger partial charge in [0.15, 0.2) is 5.17 Å². The molecule has 0 aromatic heterocycles. The van der Waals surface area contributed by atoms with E-state index in [0.29, 0.717) is 33.8 Å². The molecule has 0 atom stereocenters. The van der Waals surface area contributed by atoms with Crippen molar-refractivity contribution < 1.29 is 9.59 Å². The van der Waals surface area contributed by atoms with Crippen molar-refractivity contribution >= 4 is 63.1 Å². The predicted molar refractivity (Wildman–Crippen MR) is 118 cm³/mol. The van der Waals surface area contributed by atoms with E-state index in [4.69, 9.17) is 12.2 Å². The molecule has 1 aromatic rings. The Bertz CT molecular complexity index is 819. The second kappa shape index (κ2) is 9.87. The molecule has 2 amide bonds. The standard InChI is InChI=1S/C19H19N3O2S3/c23-16(21-18-20-11-13-26-18)10-5-12-22-17(24)15(27-19(22)25)9-4-8-14-6-2-1-3-7-14/h1-4,6-9H,5,10-13H2,(H,20,21,23)/b8-4-,15-9+. The number of hydrogen-bond donors (Lipinski definition) is 1. The molecule has 0 saturated carbocycles. The lowest BCUT2D eigenvalue weighted by molar-refractivity contribution is -0.123. The third-order valence-corrected chi connectivity index (χ3v) is 6.11. The molecule has 3 rings (SSSR count). The Morgan fingerprint density at radius 2 is 2.15 bits per heavy atom. The van der Waals surface area contributed by atoms with E-state index >= 15 is 0 Å². The summed E-state index contributed by atoms with van der Waals surface area (Å²) in [5, 5.41) is 3.48. The van der Waals surface area contributed by atoms with E-state index in [-0.39, 0.29) is 11.8 Å². The minimum Gasteiger partial charge on any atom is -0.305 e. The lowest BCUT2D eigenvalue weighted by Gasteiger charge is -2.13. The molecule has 0 aliphatic carbocycles. The maximum Gasteiger partial charge on any atom is 0.266 e. The van der Waals surface area contributed by atoms with Crippen LogP contribution in [0.2, 0.25) is 0 Å². The maximum atomic E-state index is 12.5. The highest BCUT2D eigenvalue weighted by molar-refractivity contribution is 8.26. The molecule has 27 heavy (non-hydrogen) atoms. The van der Waals surface area contributed by atoms with E-state index in [2.05, 4.69) is 10.3 Å². The molecule has 2 heterocycles. The molecule has 0 bridgehead atoms. The summed E-state index contributed by atoms with van der Waals surface area (Å²) in [4.78, 5) is 30.8. The van der Waals surface area contributed by atoms with Gasteiger partial charge in [0.05, 0.1) is 11.4 Å². The normalized spacial score (nSPS) is 18.6. The van der Waals surface area contributed by atoms with Crippen molar-refractivity contribution in [3.63, 3.8) is 0 Å². The lowest BCUT2D eigenvalue weighted by Crippen LogP contribution is -2.31. The third-order valence-electron chi connectivity index (χ3n) is 3.83. The average Bonchev–Trinajstić information content (AvgIpc) is 3.26. The Kier molecular flexibility index (Phi) is 7.25. The summed E-state index contributed by atoms with van der Waals surface area (Å²) in [5.74, 6) is 0.741. The summed E-state index contributed by atoms with van der Waals surface area (Å²) in [6, 6.07) is 9.88. The Morgan fingerprint density at radius 1 is 1.33 bits per heavy atom. The summed E-state index contributed by atoms with van der Waals surface area (Å²) < 4.78 is 0.537. The van der Waals surface area contributed by atoms with Gasteiger partial charge >= 0.3 is 0 Å². The summed E-state index contributed by atoms with van der Waals surface area (Å²) in [7, 11) is 0. The van der Waals surface area contributed by atoms with Gasteiger partial charge in [-0.05, 0) is 18.1 Å². The minimum atomic E-state index is -0.0983. The minimum absolute atomic E-state index is 0.0741. The Hall–Kier alpha value is -1.90. The molecule has 1 fully saturated rings. The number of thiocarbonyl (C=S) groups is 1. The highest BCUT2D eigenvalue weighted by atomic mass is 32.2. The molecule has 0 unspecified atom stereocenters. The van der Waals surface area contributed by atoms with E-state index in [1.165, 1.54) is 11.8 Å². The molecule has 8 heteroatoms. The van der Waals surface area contributed by atoms with Gasteiger partial charge in [-0.3, -0.25) is 19.5 Å². The van der Waals surface area contributed by atoms with Gasteiger partial charge in [-0.1, -0.05) is 78.2 Å². The van der Waals surface area contributed by atoms with Crippen molar-refractivity contribution in [3.05, 3.63) is 53.0 Å². The van der Waals surface area contributed by atoms with Crippen LogP contribution in [0.15, 0.2) is 52.4 Å². The van der Waals surface area contributed by atoms with E-state index in [1.807, 2.05) is 42.5 Å². The van der Waals surface area contributed by atoms with E-state index in [0.717, 1.165) is 17.9 Å². The third kappa shape index (κ3) is 5.79. The first-order valence-corrected chi connectivity index (χ1v) is 10.8.